The number of phenolic OH excluding ortho intramolecular Hbond substituents is 1. The molecule has 1 heterocycles. The third kappa shape index (κ3) is 3.87. The summed E-state index contributed by atoms with van der Waals surface area (Å²) >= 11 is 5.59. The quantitative estimate of drug-likeness (QED) is 0.298. The highest BCUT2D eigenvalue weighted by Gasteiger charge is 2.14. The van der Waals surface area contributed by atoms with E-state index in [1.54, 1.807) is 18.2 Å². The van der Waals surface area contributed by atoms with Crippen molar-refractivity contribution in [3.8, 4) is 5.75 Å². The molecule has 1 amide bonds. The van der Waals surface area contributed by atoms with Gasteiger partial charge in [-0.1, -0.05) is 15.9 Å². The molecule has 0 radical (unpaired) electrons. The Morgan fingerprint density at radius 2 is 1.92 bits per heavy atom. The molecule has 3 rings (SSSR count). The van der Waals surface area contributed by atoms with Crippen molar-refractivity contribution in [2.45, 2.75) is 13.8 Å². The summed E-state index contributed by atoms with van der Waals surface area (Å²) in [5, 5.41) is 14.6. The highest BCUT2D eigenvalue weighted by Crippen LogP contribution is 2.28. The second-order valence-corrected chi connectivity index (χ2v) is 7.70. The molecule has 3 aromatic rings. The predicted molar refractivity (Wildman–Crippen MR) is 109 cm³/mol. The van der Waals surface area contributed by atoms with Crippen LogP contribution < -0.4 is 5.43 Å². The highest BCUT2D eigenvalue weighted by molar-refractivity contribution is 14.1. The van der Waals surface area contributed by atoms with Gasteiger partial charge in [0, 0.05) is 9.86 Å². The maximum atomic E-state index is 12.2. The van der Waals surface area contributed by atoms with Gasteiger partial charge in [0.05, 0.1) is 9.78 Å². The van der Waals surface area contributed by atoms with Gasteiger partial charge in [-0.05, 0) is 83.5 Å². The Hall–Kier alpha value is -1.87. The van der Waals surface area contributed by atoms with E-state index >= 15 is 0 Å². The summed E-state index contributed by atoms with van der Waals surface area (Å²) in [5.41, 5.74) is 5.42. The molecule has 0 bridgehead atoms. The number of furan rings is 1. The zero-order valence-corrected chi connectivity index (χ0v) is 17.2. The number of rotatable bonds is 3. The highest BCUT2D eigenvalue weighted by atomic mass is 127. The van der Waals surface area contributed by atoms with E-state index in [1.807, 2.05) is 26.0 Å². The fourth-order valence-electron chi connectivity index (χ4n) is 2.47. The fourth-order valence-corrected chi connectivity index (χ4v) is 4.13. The van der Waals surface area contributed by atoms with E-state index in [2.05, 4.69) is 49.0 Å². The van der Waals surface area contributed by atoms with E-state index in [9.17, 15) is 9.90 Å². The first-order valence-electron chi connectivity index (χ1n) is 7.37. The summed E-state index contributed by atoms with van der Waals surface area (Å²) in [6.07, 6.45) is 1.53. The lowest BCUT2D eigenvalue weighted by Gasteiger charge is -2.04. The van der Waals surface area contributed by atoms with Crippen LogP contribution in [0, 0.1) is 17.4 Å². The van der Waals surface area contributed by atoms with Crippen molar-refractivity contribution < 1.29 is 14.3 Å². The van der Waals surface area contributed by atoms with Crippen molar-refractivity contribution in [1.82, 2.24) is 5.43 Å². The molecule has 128 valence electrons. The van der Waals surface area contributed by atoms with Crippen molar-refractivity contribution in [1.29, 1.82) is 0 Å². The Morgan fingerprint density at radius 3 is 2.60 bits per heavy atom. The number of hydrogen-bond acceptors (Lipinski definition) is 4. The van der Waals surface area contributed by atoms with Crippen LogP contribution in [0.5, 0.6) is 5.75 Å². The molecule has 0 atom stereocenters. The summed E-state index contributed by atoms with van der Waals surface area (Å²) in [6, 6.07) is 9.07. The van der Waals surface area contributed by atoms with Crippen LogP contribution in [0.15, 0.2) is 44.3 Å². The van der Waals surface area contributed by atoms with Crippen LogP contribution in [0.4, 0.5) is 0 Å². The van der Waals surface area contributed by atoms with Gasteiger partial charge in [0.2, 0.25) is 0 Å². The first-order valence-corrected chi connectivity index (χ1v) is 9.24. The molecular formula is C18H14BrIN2O3. The molecule has 1 aromatic heterocycles. The SMILES string of the molecule is Cc1cc(/C=N\NC(=O)c2cc3cc(Br)cc(I)c3o2)cc(C)c1O. The molecule has 0 saturated carbocycles. The topological polar surface area (TPSA) is 74.8 Å². The molecule has 2 N–H and O–H groups in total. The van der Waals surface area contributed by atoms with Gasteiger partial charge in [-0.25, -0.2) is 5.43 Å². The second kappa shape index (κ2) is 7.17. The molecule has 0 aliphatic carbocycles. The number of hydrazone groups is 1. The van der Waals surface area contributed by atoms with E-state index in [0.717, 1.165) is 30.1 Å². The van der Waals surface area contributed by atoms with Gasteiger partial charge < -0.3 is 9.52 Å². The van der Waals surface area contributed by atoms with Gasteiger partial charge in [0.25, 0.3) is 0 Å². The summed E-state index contributed by atoms with van der Waals surface area (Å²) in [7, 11) is 0. The molecule has 0 unspecified atom stereocenters. The van der Waals surface area contributed by atoms with Crippen molar-refractivity contribution in [2.75, 3.05) is 0 Å². The number of nitrogens with one attached hydrogen (secondary N) is 1. The second-order valence-electron chi connectivity index (χ2n) is 5.62. The van der Waals surface area contributed by atoms with Gasteiger partial charge in [0.15, 0.2) is 5.76 Å². The number of hydrogen-bond donors (Lipinski definition) is 2. The van der Waals surface area contributed by atoms with Crippen molar-refractivity contribution in [3.63, 3.8) is 0 Å². The largest absolute Gasteiger partial charge is 0.507 e. The van der Waals surface area contributed by atoms with Crippen LogP contribution in [-0.4, -0.2) is 17.2 Å². The van der Waals surface area contributed by atoms with Gasteiger partial charge in [-0.2, -0.15) is 5.10 Å². The smallest absolute Gasteiger partial charge is 0.307 e. The molecule has 7 heteroatoms. The third-order valence-electron chi connectivity index (χ3n) is 3.65. The molecule has 0 saturated heterocycles. The number of halogens is 2. The first-order chi connectivity index (χ1) is 11.8. The summed E-state index contributed by atoms with van der Waals surface area (Å²) in [4.78, 5) is 12.2. The van der Waals surface area contributed by atoms with E-state index < -0.39 is 5.91 Å². The van der Waals surface area contributed by atoms with Gasteiger partial charge in [-0.3, -0.25) is 4.79 Å². The molecule has 25 heavy (non-hydrogen) atoms. The maximum absolute atomic E-state index is 12.2. The molecule has 0 spiro atoms. The monoisotopic (exact) mass is 512 g/mol. The van der Waals surface area contributed by atoms with E-state index in [4.69, 9.17) is 4.42 Å². The minimum Gasteiger partial charge on any atom is -0.507 e. The third-order valence-corrected chi connectivity index (χ3v) is 4.91. The number of benzene rings is 2. The molecule has 0 fully saturated rings. The lowest BCUT2D eigenvalue weighted by molar-refractivity contribution is 0.0929. The van der Waals surface area contributed by atoms with Crippen LogP contribution in [0.2, 0.25) is 0 Å². The fraction of sp³-hybridized carbons (Fsp3) is 0.111. The summed E-state index contributed by atoms with van der Waals surface area (Å²) in [6.45, 7) is 3.62. The normalized spacial score (nSPS) is 11.4. The number of carbonyl (C=O) groups is 1. The van der Waals surface area contributed by atoms with Crippen LogP contribution in [-0.2, 0) is 0 Å². The molecule has 5 nitrogen and oxygen atoms in total. The van der Waals surface area contributed by atoms with Crippen LogP contribution in [0.25, 0.3) is 11.0 Å². The molecule has 2 aromatic carbocycles. The van der Waals surface area contributed by atoms with E-state index in [0.29, 0.717) is 5.58 Å². The zero-order chi connectivity index (χ0) is 18.1. The Labute approximate surface area is 166 Å². The maximum Gasteiger partial charge on any atom is 0.307 e. The molecule has 0 aliphatic heterocycles. The van der Waals surface area contributed by atoms with Crippen LogP contribution >= 0.6 is 38.5 Å². The van der Waals surface area contributed by atoms with E-state index in [-0.39, 0.29) is 11.5 Å². The summed E-state index contributed by atoms with van der Waals surface area (Å²) in [5.74, 6) is 0.0389. The minimum absolute atomic E-state index is 0.196. The Kier molecular flexibility index (Phi) is 5.14. The summed E-state index contributed by atoms with van der Waals surface area (Å²) < 4.78 is 7.47. The molecule has 0 aliphatic rings. The number of aromatic hydroxyl groups is 1. The van der Waals surface area contributed by atoms with Crippen LogP contribution in [0.3, 0.4) is 0 Å². The van der Waals surface area contributed by atoms with E-state index in [1.165, 1.54) is 6.21 Å². The number of phenols is 1. The number of amides is 1. The molecular weight excluding hydrogens is 499 g/mol. The van der Waals surface area contributed by atoms with Crippen molar-refractivity contribution in [2.24, 2.45) is 5.10 Å². The number of carbonyl (C=O) groups excluding carboxylic acids is 1. The van der Waals surface area contributed by atoms with Crippen molar-refractivity contribution in [3.05, 3.63) is 60.8 Å². The Bertz CT molecular complexity index is 988. The standard InChI is InChI=1S/C18H14BrIN2O3/c1-9-3-11(4-10(2)16(9)23)8-21-22-18(24)15-6-12-5-13(19)7-14(20)17(12)25-15/h3-8,23H,1-2H3,(H,22,24)/b21-8-. The number of nitrogens with zero attached hydrogens (tertiary/aromatic N) is 1. The average Bonchev–Trinajstić information content (AvgIpc) is 2.96. The Morgan fingerprint density at radius 1 is 1.24 bits per heavy atom. The minimum atomic E-state index is -0.424. The number of aryl methyl sites for hydroxylation is 2. The van der Waals surface area contributed by atoms with Gasteiger partial charge in [0.1, 0.15) is 11.3 Å². The lowest BCUT2D eigenvalue weighted by atomic mass is 10.1. The zero-order valence-electron chi connectivity index (χ0n) is 13.4. The van der Waals surface area contributed by atoms with Gasteiger partial charge >= 0.3 is 5.91 Å². The lowest BCUT2D eigenvalue weighted by Crippen LogP contribution is -2.16. The number of fused-ring (bicyclic) bond motifs is 1. The average molecular weight is 513 g/mol. The Balaban J connectivity index is 1.78. The van der Waals surface area contributed by atoms with Crippen LogP contribution in [0.1, 0.15) is 27.2 Å². The first kappa shape index (κ1) is 17.9. The van der Waals surface area contributed by atoms with Crippen molar-refractivity contribution >= 4 is 61.6 Å². The predicted octanol–water partition coefficient (Wildman–Crippen LogP) is 4.89. The van der Waals surface area contributed by atoms with Gasteiger partial charge in [-0.15, -0.1) is 0 Å².